The number of rotatable bonds is 39. The molecular weight excluding hydrogens is 1130 g/mol. The van der Waals surface area contributed by atoms with Gasteiger partial charge in [0.05, 0.1) is 32.1 Å². The summed E-state index contributed by atoms with van der Waals surface area (Å²) in [6, 6.07) is -11.4. The second-order valence-electron chi connectivity index (χ2n) is 20.1. The Kier molecular flexibility index (Phi) is 31.3. The lowest BCUT2D eigenvalue weighted by atomic mass is 9.98. The lowest BCUT2D eigenvalue weighted by Gasteiger charge is -2.30. The molecule has 1 aliphatic heterocycles. The number of aliphatic carboxylic acids is 3. The van der Waals surface area contributed by atoms with Crippen LogP contribution < -0.4 is 71.2 Å². The van der Waals surface area contributed by atoms with Gasteiger partial charge in [-0.1, -0.05) is 32.4 Å². The van der Waals surface area contributed by atoms with Crippen LogP contribution in [-0.4, -0.2) is 212 Å². The van der Waals surface area contributed by atoms with E-state index >= 15 is 0 Å². The van der Waals surface area contributed by atoms with E-state index < -0.39 is 183 Å². The van der Waals surface area contributed by atoms with Crippen LogP contribution in [0.25, 0.3) is 0 Å². The number of hydrogen-bond donors (Lipinski definition) is 19. The Balaban J connectivity index is 2.47. The van der Waals surface area contributed by atoms with Gasteiger partial charge in [-0.3, -0.25) is 62.5 Å². The number of guanidine groups is 1. The number of amides is 10. The minimum absolute atomic E-state index is 0.0471. The lowest BCUT2D eigenvalue weighted by molar-refractivity contribution is -0.147. The van der Waals surface area contributed by atoms with Crippen molar-refractivity contribution in [3.05, 3.63) is 29.8 Å². The lowest BCUT2D eigenvalue weighted by Crippen LogP contribution is -2.61. The summed E-state index contributed by atoms with van der Waals surface area (Å²) in [6.45, 7) is 1.35. The molecule has 0 bridgehead atoms. The Morgan fingerprint density at radius 2 is 1.08 bits per heavy atom. The Morgan fingerprint density at radius 1 is 0.612 bits per heavy atom. The van der Waals surface area contributed by atoms with Gasteiger partial charge in [0, 0.05) is 25.9 Å². The van der Waals surface area contributed by atoms with Gasteiger partial charge in [0.15, 0.2) is 5.96 Å². The summed E-state index contributed by atoms with van der Waals surface area (Å²) in [5, 5.41) is 77.9. The number of benzene rings is 1. The summed E-state index contributed by atoms with van der Waals surface area (Å²) in [7, 11) is 0. The highest BCUT2D eigenvalue weighted by Crippen LogP contribution is 2.21. The molecule has 1 aromatic rings. The smallest absolute Gasteiger partial charge is 0.326 e. The minimum atomic E-state index is -2.13. The highest BCUT2D eigenvalue weighted by Gasteiger charge is 2.41. The van der Waals surface area contributed by atoms with Gasteiger partial charge in [-0.25, -0.2) is 4.79 Å². The summed E-state index contributed by atoms with van der Waals surface area (Å²) < 4.78 is 0. The van der Waals surface area contributed by atoms with E-state index in [1.807, 2.05) is 0 Å². The summed E-state index contributed by atoms with van der Waals surface area (Å²) in [5.74, 6) is -16.5. The fourth-order valence-electron chi connectivity index (χ4n) is 8.49. The molecule has 0 unspecified atom stereocenters. The monoisotopic (exact) mass is 1210 g/mol. The SMILES string of the molecule is CC[C@H](C)[C@H](N)C(=O)N[C@@H](CCCN=C(N)N)C(=O)N[C@@H](CO)C(=O)N[C@@H](CCCCN)C(=O)N[C@@H](Cc1ccc(O)cc1)C(=O)N[C@@H](CC(=O)O)C(=O)N[C@@H](CC(=O)O)C(=O)N1CCC[C@H]1C(=O)N[C@@H](CO)C(=O)N[C@@H](CCC(N)=O)C(=O)O. The highest BCUT2D eigenvalue weighted by atomic mass is 16.4. The Morgan fingerprint density at radius 3 is 1.61 bits per heavy atom. The van der Waals surface area contributed by atoms with Crippen molar-refractivity contribution in [1.82, 2.24) is 47.4 Å². The van der Waals surface area contributed by atoms with Crippen molar-refractivity contribution in [1.29, 1.82) is 0 Å². The van der Waals surface area contributed by atoms with Gasteiger partial charge in [0.1, 0.15) is 60.1 Å². The molecule has 0 aliphatic carbocycles. The number of hydrogen-bond acceptors (Lipinski definition) is 19. The molecule has 0 saturated carbocycles. The maximum Gasteiger partial charge on any atom is 0.326 e. The molecule has 85 heavy (non-hydrogen) atoms. The van der Waals surface area contributed by atoms with Crippen LogP contribution in [0.3, 0.4) is 0 Å². The zero-order chi connectivity index (χ0) is 64.1. The van der Waals surface area contributed by atoms with Crippen molar-refractivity contribution in [2.45, 2.75) is 158 Å². The molecular formula is C51H81N15O19. The molecule has 10 amide bonds. The zero-order valence-electron chi connectivity index (χ0n) is 47.2. The summed E-state index contributed by atoms with van der Waals surface area (Å²) >= 11 is 0. The van der Waals surface area contributed by atoms with Gasteiger partial charge in [0.2, 0.25) is 59.1 Å². The van der Waals surface area contributed by atoms with Crippen LogP contribution >= 0.6 is 0 Å². The van der Waals surface area contributed by atoms with Crippen molar-refractivity contribution < 1.29 is 93.0 Å². The van der Waals surface area contributed by atoms with E-state index in [0.29, 0.717) is 12.8 Å². The molecule has 1 aliphatic rings. The second kappa shape index (κ2) is 36.7. The van der Waals surface area contributed by atoms with Crippen LogP contribution in [0.15, 0.2) is 29.3 Å². The van der Waals surface area contributed by atoms with Crippen molar-refractivity contribution >= 4 is 82.9 Å². The van der Waals surface area contributed by atoms with Crippen LogP contribution in [0.2, 0.25) is 0 Å². The molecule has 11 atom stereocenters. The summed E-state index contributed by atoms with van der Waals surface area (Å²) in [5.41, 5.74) is 28.0. The van der Waals surface area contributed by atoms with Crippen molar-refractivity contribution in [3.8, 4) is 5.75 Å². The molecule has 1 saturated heterocycles. The van der Waals surface area contributed by atoms with Gasteiger partial charge in [-0.2, -0.15) is 0 Å². The molecule has 2 rings (SSSR count). The number of primary amides is 1. The predicted molar refractivity (Wildman–Crippen MR) is 297 cm³/mol. The van der Waals surface area contributed by atoms with Crippen LogP contribution in [0.4, 0.5) is 0 Å². The number of aromatic hydroxyl groups is 1. The van der Waals surface area contributed by atoms with Crippen molar-refractivity contribution in [2.75, 3.05) is 32.8 Å². The van der Waals surface area contributed by atoms with E-state index in [9.17, 15) is 93.0 Å². The standard InChI is InChI=1S/C51H81N15O19/c1-3-25(2)40(54)48(82)59-29(9-6-18-57-51(55)56)42(76)64-34(23-67)45(79)58-28(8-4-5-17-52)41(75)61-31(20-26-11-13-27(69)14-12-26)43(77)62-32(21-38(71)72)44(78)63-33(22-39(73)74)49(83)66-19-7-10-36(66)47(81)65-35(24-68)46(80)60-30(50(84)85)15-16-37(53)70/h11-14,25,28-36,40,67-69H,3-10,15-24,52,54H2,1-2H3,(H2,53,70)(H,58,79)(H,59,82)(H,60,80)(H,61,75)(H,62,77)(H,63,78)(H,64,76)(H,65,81)(H,71,72)(H,73,74)(H,84,85)(H4,55,56,57)/t25-,28-,29-,30-,31-,32-,33-,34-,35-,36-,40-/m0/s1. The first-order chi connectivity index (χ1) is 40.1. The molecule has 474 valence electrons. The molecule has 34 nitrogen and oxygen atoms in total. The first-order valence-electron chi connectivity index (χ1n) is 27.3. The summed E-state index contributed by atoms with van der Waals surface area (Å²) in [4.78, 5) is 176. The van der Waals surface area contributed by atoms with E-state index in [2.05, 4.69) is 47.5 Å². The number of phenolic OH excluding ortho intramolecular Hbond substituents is 1. The summed E-state index contributed by atoms with van der Waals surface area (Å²) in [6.07, 6.45) is -2.79. The number of carboxylic acid groups (broad SMARTS) is 3. The number of nitrogens with two attached hydrogens (primary N) is 5. The van der Waals surface area contributed by atoms with E-state index in [1.165, 1.54) is 24.3 Å². The van der Waals surface area contributed by atoms with Gasteiger partial charge in [-0.05, 0) is 81.5 Å². The number of carbonyl (C=O) groups excluding carboxylic acids is 10. The predicted octanol–water partition coefficient (Wildman–Crippen LogP) is -7.36. The van der Waals surface area contributed by atoms with Crippen LogP contribution in [0.5, 0.6) is 5.75 Å². The minimum Gasteiger partial charge on any atom is -0.508 e. The van der Waals surface area contributed by atoms with E-state index in [1.54, 1.807) is 13.8 Å². The Bertz CT molecular complexity index is 2540. The number of nitrogens with one attached hydrogen (secondary N) is 8. The number of unbranched alkanes of at least 4 members (excludes halogenated alkanes) is 1. The molecule has 0 spiro atoms. The first-order valence-corrected chi connectivity index (χ1v) is 27.3. The molecule has 1 aromatic carbocycles. The maximum absolute atomic E-state index is 14.3. The van der Waals surface area contributed by atoms with Crippen LogP contribution in [0.1, 0.15) is 96.5 Å². The van der Waals surface area contributed by atoms with E-state index in [4.69, 9.17) is 28.7 Å². The molecule has 0 aromatic heterocycles. The number of phenols is 1. The number of nitrogens with zero attached hydrogens (tertiary/aromatic N) is 2. The number of likely N-dealkylation sites (tertiary alicyclic amines) is 1. The van der Waals surface area contributed by atoms with E-state index in [0.717, 1.165) is 4.90 Å². The van der Waals surface area contributed by atoms with Crippen LogP contribution in [-0.2, 0) is 68.7 Å². The first kappa shape index (κ1) is 72.3. The fraction of sp³-hybridized carbons (Fsp3) is 0.608. The van der Waals surface area contributed by atoms with Crippen molar-refractivity contribution in [2.24, 2.45) is 39.6 Å². The molecule has 34 heteroatoms. The largest absolute Gasteiger partial charge is 0.508 e. The molecule has 1 heterocycles. The molecule has 24 N–H and O–H groups in total. The quantitative estimate of drug-likeness (QED) is 0.0165. The Labute approximate surface area is 487 Å². The third-order valence-corrected chi connectivity index (χ3v) is 13.5. The topological polar surface area (TPSA) is 585 Å². The Hall–Kier alpha value is -8.76. The highest BCUT2D eigenvalue weighted by molar-refractivity contribution is 6.00. The van der Waals surface area contributed by atoms with Crippen molar-refractivity contribution in [3.63, 3.8) is 0 Å². The number of carboxylic acids is 3. The van der Waals surface area contributed by atoms with Crippen LogP contribution in [0, 0.1) is 5.92 Å². The van der Waals surface area contributed by atoms with Gasteiger partial charge in [-0.15, -0.1) is 0 Å². The van der Waals surface area contributed by atoms with Gasteiger partial charge < -0.3 is 107 Å². The normalized spacial score (nSPS) is 16.3. The van der Waals surface area contributed by atoms with Gasteiger partial charge in [0.25, 0.3) is 0 Å². The average Bonchev–Trinajstić information content (AvgIpc) is 3.97. The second-order valence-corrected chi connectivity index (χ2v) is 20.1. The number of aliphatic hydroxyl groups excluding tert-OH is 2. The van der Waals surface area contributed by atoms with Gasteiger partial charge >= 0.3 is 17.9 Å². The third kappa shape index (κ3) is 25.3. The van der Waals surface area contributed by atoms with E-state index in [-0.39, 0.29) is 81.3 Å². The zero-order valence-corrected chi connectivity index (χ0v) is 47.2. The number of aliphatic imine (C=N–C) groups is 1. The fourth-order valence-corrected chi connectivity index (χ4v) is 8.49. The third-order valence-electron chi connectivity index (χ3n) is 13.5. The molecule has 0 radical (unpaired) electrons. The number of aliphatic hydroxyl groups is 2. The maximum atomic E-state index is 14.3. The number of carbonyl (C=O) groups is 13. The molecule has 1 fully saturated rings. The average molecular weight is 1210 g/mol.